The van der Waals surface area contributed by atoms with Gasteiger partial charge in [-0.15, -0.1) is 0 Å². The Bertz CT molecular complexity index is 309. The van der Waals surface area contributed by atoms with Crippen LogP contribution in [-0.4, -0.2) is 12.5 Å². The van der Waals surface area contributed by atoms with Crippen LogP contribution in [-0.2, 0) is 4.79 Å². The van der Waals surface area contributed by atoms with Crippen molar-refractivity contribution in [3.05, 3.63) is 0 Å². The smallest absolute Gasteiger partial charge is 0.240 e. The van der Waals surface area contributed by atoms with Gasteiger partial charge in [0, 0.05) is 6.54 Å². The predicted molar refractivity (Wildman–Crippen MR) is 72.8 cm³/mol. The summed E-state index contributed by atoms with van der Waals surface area (Å²) in [6.07, 6.45) is 5.76. The van der Waals surface area contributed by atoms with Crippen molar-refractivity contribution in [3.63, 3.8) is 0 Å². The molecule has 1 atom stereocenters. The summed E-state index contributed by atoms with van der Waals surface area (Å²) in [6, 6.07) is 2.30. The zero-order valence-corrected chi connectivity index (χ0v) is 12.0. The monoisotopic (exact) mass is 250 g/mol. The fourth-order valence-corrected chi connectivity index (χ4v) is 2.38. The fourth-order valence-electron chi connectivity index (χ4n) is 2.38. The largest absolute Gasteiger partial charge is 0.354 e. The van der Waals surface area contributed by atoms with Gasteiger partial charge in [0.1, 0.15) is 5.41 Å². The molecule has 0 aromatic carbocycles. The number of hydrogen-bond acceptors (Lipinski definition) is 2. The van der Waals surface area contributed by atoms with Crippen LogP contribution in [0, 0.1) is 28.6 Å². The third kappa shape index (κ3) is 3.73. The maximum atomic E-state index is 12.3. The number of amides is 1. The summed E-state index contributed by atoms with van der Waals surface area (Å²) >= 11 is 0. The third-order valence-corrected chi connectivity index (χ3v) is 4.33. The summed E-state index contributed by atoms with van der Waals surface area (Å²) in [5.74, 6) is 0.965. The molecule has 1 rings (SSSR count). The van der Waals surface area contributed by atoms with Gasteiger partial charge in [-0.3, -0.25) is 4.79 Å². The Labute approximate surface area is 111 Å². The number of nitrogens with zero attached hydrogens (tertiary/aromatic N) is 1. The highest BCUT2D eigenvalue weighted by Gasteiger charge is 2.38. The molecule has 1 N–H and O–H groups in total. The van der Waals surface area contributed by atoms with E-state index in [4.69, 9.17) is 0 Å². The Morgan fingerprint density at radius 2 is 1.78 bits per heavy atom. The molecule has 1 aliphatic rings. The molecule has 0 saturated heterocycles. The van der Waals surface area contributed by atoms with Gasteiger partial charge < -0.3 is 5.32 Å². The Morgan fingerprint density at radius 3 is 2.22 bits per heavy atom. The van der Waals surface area contributed by atoms with Crippen molar-refractivity contribution in [1.29, 1.82) is 5.26 Å². The maximum Gasteiger partial charge on any atom is 0.240 e. The number of carbonyl (C=O) groups is 1. The quantitative estimate of drug-likeness (QED) is 0.779. The first-order valence-corrected chi connectivity index (χ1v) is 7.21. The lowest BCUT2D eigenvalue weighted by atomic mass is 9.81. The van der Waals surface area contributed by atoms with Gasteiger partial charge in [-0.1, -0.05) is 46.5 Å². The Hall–Kier alpha value is -1.04. The molecule has 0 aromatic heterocycles. The average molecular weight is 250 g/mol. The lowest BCUT2D eigenvalue weighted by Crippen LogP contribution is -2.42. The molecule has 0 heterocycles. The Morgan fingerprint density at radius 1 is 1.22 bits per heavy atom. The summed E-state index contributed by atoms with van der Waals surface area (Å²) < 4.78 is 0. The predicted octanol–water partition coefficient (Wildman–Crippen LogP) is 3.26. The SMILES string of the molecule is CC(C)C(C)CNC(=O)C1(C#N)CCCCCC1. The van der Waals surface area contributed by atoms with Crippen molar-refractivity contribution in [1.82, 2.24) is 5.32 Å². The molecule has 1 fully saturated rings. The molecular formula is C15H26N2O. The van der Waals surface area contributed by atoms with E-state index in [1.54, 1.807) is 0 Å². The average Bonchev–Trinajstić information content (AvgIpc) is 2.61. The molecule has 1 saturated carbocycles. The van der Waals surface area contributed by atoms with Gasteiger partial charge in [0.25, 0.3) is 0 Å². The van der Waals surface area contributed by atoms with Crippen LogP contribution >= 0.6 is 0 Å². The summed E-state index contributed by atoms with van der Waals surface area (Å²) in [5.41, 5.74) is -0.757. The van der Waals surface area contributed by atoms with Crippen LogP contribution in [0.15, 0.2) is 0 Å². The lowest BCUT2D eigenvalue weighted by Gasteiger charge is -2.25. The molecule has 3 nitrogen and oxygen atoms in total. The summed E-state index contributed by atoms with van der Waals surface area (Å²) in [5, 5.41) is 12.4. The highest BCUT2D eigenvalue weighted by molar-refractivity contribution is 5.85. The standard InChI is InChI=1S/C15H26N2O/c1-12(2)13(3)10-17-14(18)15(11-16)8-6-4-5-7-9-15/h12-13H,4-10H2,1-3H3,(H,17,18). The van der Waals surface area contributed by atoms with Crippen LogP contribution in [0.4, 0.5) is 0 Å². The first-order valence-electron chi connectivity index (χ1n) is 7.21. The zero-order chi connectivity index (χ0) is 13.6. The van der Waals surface area contributed by atoms with Gasteiger partial charge in [0.2, 0.25) is 5.91 Å². The van der Waals surface area contributed by atoms with E-state index in [0.717, 1.165) is 38.5 Å². The molecule has 102 valence electrons. The highest BCUT2D eigenvalue weighted by Crippen LogP contribution is 2.34. The van der Waals surface area contributed by atoms with Crippen molar-refractivity contribution in [2.24, 2.45) is 17.3 Å². The van der Waals surface area contributed by atoms with Gasteiger partial charge in [-0.2, -0.15) is 5.26 Å². The van der Waals surface area contributed by atoms with Crippen LogP contribution in [0.3, 0.4) is 0 Å². The van der Waals surface area contributed by atoms with E-state index in [2.05, 4.69) is 32.2 Å². The van der Waals surface area contributed by atoms with Crippen molar-refractivity contribution in [2.45, 2.75) is 59.3 Å². The van der Waals surface area contributed by atoms with E-state index in [-0.39, 0.29) is 5.91 Å². The van der Waals surface area contributed by atoms with E-state index in [9.17, 15) is 10.1 Å². The molecule has 18 heavy (non-hydrogen) atoms. The van der Waals surface area contributed by atoms with Gasteiger partial charge in [0.15, 0.2) is 0 Å². The molecule has 0 radical (unpaired) electrons. The van der Waals surface area contributed by atoms with Gasteiger partial charge in [-0.25, -0.2) is 0 Å². The van der Waals surface area contributed by atoms with Crippen LogP contribution < -0.4 is 5.32 Å². The molecule has 1 aliphatic carbocycles. The van der Waals surface area contributed by atoms with Crippen molar-refractivity contribution in [3.8, 4) is 6.07 Å². The summed E-state index contributed by atoms with van der Waals surface area (Å²) in [7, 11) is 0. The van der Waals surface area contributed by atoms with E-state index in [0.29, 0.717) is 18.4 Å². The fraction of sp³-hybridized carbons (Fsp3) is 0.867. The number of rotatable bonds is 4. The molecule has 1 amide bonds. The van der Waals surface area contributed by atoms with E-state index in [1.165, 1.54) is 0 Å². The number of carbonyl (C=O) groups excluding carboxylic acids is 1. The minimum Gasteiger partial charge on any atom is -0.354 e. The van der Waals surface area contributed by atoms with E-state index >= 15 is 0 Å². The normalized spacial score (nSPS) is 20.8. The van der Waals surface area contributed by atoms with Crippen LogP contribution in [0.25, 0.3) is 0 Å². The summed E-state index contributed by atoms with van der Waals surface area (Å²) in [4.78, 5) is 12.3. The molecule has 1 unspecified atom stereocenters. The second kappa shape index (κ2) is 6.78. The Kier molecular flexibility index (Phi) is 5.65. The zero-order valence-electron chi connectivity index (χ0n) is 12.0. The molecule has 0 spiro atoms. The van der Waals surface area contributed by atoms with Crippen LogP contribution in [0.5, 0.6) is 0 Å². The maximum absolute atomic E-state index is 12.3. The lowest BCUT2D eigenvalue weighted by molar-refractivity contribution is -0.129. The topological polar surface area (TPSA) is 52.9 Å². The molecule has 3 heteroatoms. The number of nitrogens with one attached hydrogen (secondary N) is 1. The van der Waals surface area contributed by atoms with E-state index in [1.807, 2.05) is 0 Å². The number of hydrogen-bond donors (Lipinski definition) is 1. The minimum atomic E-state index is -0.757. The highest BCUT2D eigenvalue weighted by atomic mass is 16.2. The molecule has 0 aromatic rings. The molecule has 0 aliphatic heterocycles. The van der Waals surface area contributed by atoms with Crippen molar-refractivity contribution in [2.75, 3.05) is 6.54 Å². The molecule has 0 bridgehead atoms. The second-order valence-electron chi connectivity index (χ2n) is 6.04. The second-order valence-corrected chi connectivity index (χ2v) is 6.04. The van der Waals surface area contributed by atoms with E-state index < -0.39 is 5.41 Å². The van der Waals surface area contributed by atoms with Gasteiger partial charge in [-0.05, 0) is 24.7 Å². The summed E-state index contributed by atoms with van der Waals surface area (Å²) in [6.45, 7) is 7.13. The van der Waals surface area contributed by atoms with Crippen molar-refractivity contribution >= 4 is 5.91 Å². The van der Waals surface area contributed by atoms with Crippen molar-refractivity contribution < 1.29 is 4.79 Å². The first kappa shape index (κ1) is 15.0. The Balaban J connectivity index is 2.59. The van der Waals surface area contributed by atoms with Gasteiger partial charge in [0.05, 0.1) is 6.07 Å². The van der Waals surface area contributed by atoms with Crippen LogP contribution in [0.1, 0.15) is 59.3 Å². The number of nitriles is 1. The first-order chi connectivity index (χ1) is 8.52. The molecular weight excluding hydrogens is 224 g/mol. The minimum absolute atomic E-state index is 0.0422. The van der Waals surface area contributed by atoms with Crippen LogP contribution in [0.2, 0.25) is 0 Å². The van der Waals surface area contributed by atoms with Gasteiger partial charge >= 0.3 is 0 Å². The third-order valence-electron chi connectivity index (χ3n) is 4.33.